The molecule has 17 heavy (non-hydrogen) atoms. The molecular weight excluding hydrogens is 276 g/mol. The van der Waals surface area contributed by atoms with Crippen molar-refractivity contribution in [2.45, 2.75) is 26.8 Å². The first-order chi connectivity index (χ1) is 8.09. The summed E-state index contributed by atoms with van der Waals surface area (Å²) in [5.74, 6) is 0. The van der Waals surface area contributed by atoms with Crippen molar-refractivity contribution in [2.24, 2.45) is 0 Å². The smallest absolute Gasteiger partial charge is 0.0408 e. The molecule has 1 fully saturated rings. The van der Waals surface area contributed by atoms with Crippen molar-refractivity contribution in [3.05, 3.63) is 28.2 Å². The lowest BCUT2D eigenvalue weighted by atomic mass is 10.1. The minimum absolute atomic E-state index is 0.667. The van der Waals surface area contributed by atoms with Gasteiger partial charge in [0, 0.05) is 42.4 Å². The van der Waals surface area contributed by atoms with Gasteiger partial charge >= 0.3 is 0 Å². The Labute approximate surface area is 113 Å². The van der Waals surface area contributed by atoms with E-state index >= 15 is 0 Å². The van der Waals surface area contributed by atoms with E-state index in [0.717, 1.165) is 13.1 Å². The summed E-state index contributed by atoms with van der Waals surface area (Å²) in [6.07, 6.45) is 0. The predicted octanol–water partition coefficient (Wildman–Crippen LogP) is 3.29. The summed E-state index contributed by atoms with van der Waals surface area (Å²) in [5, 5.41) is 0. The molecule has 94 valence electrons. The van der Waals surface area contributed by atoms with Gasteiger partial charge in [-0.05, 0) is 38.5 Å². The molecule has 0 saturated carbocycles. The van der Waals surface area contributed by atoms with Crippen LogP contribution in [-0.2, 0) is 0 Å². The van der Waals surface area contributed by atoms with Crippen LogP contribution in [0.3, 0.4) is 0 Å². The van der Waals surface area contributed by atoms with Crippen molar-refractivity contribution >= 4 is 21.6 Å². The van der Waals surface area contributed by atoms with Gasteiger partial charge in [0.05, 0.1) is 0 Å². The van der Waals surface area contributed by atoms with Gasteiger partial charge in [0.1, 0.15) is 0 Å². The van der Waals surface area contributed by atoms with Crippen LogP contribution in [0.1, 0.15) is 19.4 Å². The Morgan fingerprint density at radius 2 is 1.76 bits per heavy atom. The van der Waals surface area contributed by atoms with Gasteiger partial charge < -0.3 is 4.90 Å². The Morgan fingerprint density at radius 1 is 1.12 bits per heavy atom. The summed E-state index contributed by atoms with van der Waals surface area (Å²) in [6, 6.07) is 7.14. The maximum atomic E-state index is 3.61. The van der Waals surface area contributed by atoms with E-state index in [1.807, 2.05) is 0 Å². The second kappa shape index (κ2) is 5.40. The highest BCUT2D eigenvalue weighted by Crippen LogP contribution is 2.27. The van der Waals surface area contributed by atoms with Gasteiger partial charge in [-0.25, -0.2) is 0 Å². The number of rotatable bonds is 2. The van der Waals surface area contributed by atoms with Crippen molar-refractivity contribution in [1.82, 2.24) is 4.90 Å². The van der Waals surface area contributed by atoms with Gasteiger partial charge in [-0.3, -0.25) is 4.90 Å². The zero-order valence-corrected chi connectivity index (χ0v) is 12.5. The van der Waals surface area contributed by atoms with Crippen molar-refractivity contribution in [1.29, 1.82) is 0 Å². The number of anilines is 1. The predicted molar refractivity (Wildman–Crippen MR) is 77.8 cm³/mol. The maximum Gasteiger partial charge on any atom is 0.0408 e. The molecule has 0 N–H and O–H groups in total. The fourth-order valence-electron chi connectivity index (χ4n) is 2.42. The summed E-state index contributed by atoms with van der Waals surface area (Å²) in [7, 11) is 0. The van der Waals surface area contributed by atoms with Crippen LogP contribution in [0.15, 0.2) is 22.7 Å². The van der Waals surface area contributed by atoms with Crippen molar-refractivity contribution in [3.63, 3.8) is 0 Å². The molecular formula is C14H21BrN2. The highest BCUT2D eigenvalue weighted by atomic mass is 79.9. The third kappa shape index (κ3) is 2.83. The first-order valence-corrected chi connectivity index (χ1v) is 7.13. The standard InChI is InChI=1S/C14H21BrN2/c1-11(2)16-7-9-17(10-8-16)14-6-4-5-13(15)12(14)3/h4-6,11H,7-10H2,1-3H3. The first kappa shape index (κ1) is 12.9. The van der Waals surface area contributed by atoms with Crippen molar-refractivity contribution < 1.29 is 0 Å². The Kier molecular flexibility index (Phi) is 4.10. The van der Waals surface area contributed by atoms with Gasteiger partial charge in [-0.1, -0.05) is 22.0 Å². The van der Waals surface area contributed by atoms with E-state index in [1.54, 1.807) is 0 Å². The quantitative estimate of drug-likeness (QED) is 0.826. The van der Waals surface area contributed by atoms with Crippen LogP contribution >= 0.6 is 15.9 Å². The lowest BCUT2D eigenvalue weighted by Crippen LogP contribution is -2.49. The third-order valence-corrected chi connectivity index (χ3v) is 4.48. The number of hydrogen-bond donors (Lipinski definition) is 0. The summed E-state index contributed by atoms with van der Waals surface area (Å²) >= 11 is 3.61. The Morgan fingerprint density at radius 3 is 2.35 bits per heavy atom. The molecule has 0 radical (unpaired) electrons. The van der Waals surface area contributed by atoms with Crippen molar-refractivity contribution in [2.75, 3.05) is 31.1 Å². The summed E-state index contributed by atoms with van der Waals surface area (Å²) < 4.78 is 1.21. The van der Waals surface area contributed by atoms with E-state index < -0.39 is 0 Å². The monoisotopic (exact) mass is 296 g/mol. The molecule has 0 aliphatic carbocycles. The molecule has 2 nitrogen and oxygen atoms in total. The van der Waals surface area contributed by atoms with E-state index in [-0.39, 0.29) is 0 Å². The fraction of sp³-hybridized carbons (Fsp3) is 0.571. The van der Waals surface area contributed by atoms with Gasteiger partial charge in [-0.2, -0.15) is 0 Å². The fourth-order valence-corrected chi connectivity index (χ4v) is 2.77. The molecule has 1 aliphatic rings. The first-order valence-electron chi connectivity index (χ1n) is 6.33. The summed E-state index contributed by atoms with van der Waals surface area (Å²) in [5.41, 5.74) is 2.73. The second-order valence-corrected chi connectivity index (χ2v) is 5.86. The van der Waals surface area contributed by atoms with E-state index in [4.69, 9.17) is 0 Å². The number of benzene rings is 1. The van der Waals surface area contributed by atoms with Crippen LogP contribution in [0.4, 0.5) is 5.69 Å². The second-order valence-electron chi connectivity index (χ2n) is 5.00. The molecule has 1 aliphatic heterocycles. The zero-order valence-electron chi connectivity index (χ0n) is 10.9. The van der Waals surface area contributed by atoms with Crippen LogP contribution < -0.4 is 4.90 Å². The molecule has 1 aromatic carbocycles. The lowest BCUT2D eigenvalue weighted by molar-refractivity contribution is 0.209. The van der Waals surface area contributed by atoms with E-state index in [2.05, 4.69) is 64.7 Å². The maximum absolute atomic E-state index is 3.61. The van der Waals surface area contributed by atoms with Gasteiger partial charge in [0.15, 0.2) is 0 Å². The molecule has 0 aromatic heterocycles. The summed E-state index contributed by atoms with van der Waals surface area (Å²) in [6.45, 7) is 11.4. The molecule has 1 saturated heterocycles. The third-order valence-electron chi connectivity index (χ3n) is 3.62. The molecule has 1 heterocycles. The van der Waals surface area contributed by atoms with E-state index in [1.165, 1.54) is 28.8 Å². The van der Waals surface area contributed by atoms with E-state index in [9.17, 15) is 0 Å². The van der Waals surface area contributed by atoms with Crippen LogP contribution in [0.5, 0.6) is 0 Å². The molecule has 3 heteroatoms. The molecule has 1 aromatic rings. The zero-order chi connectivity index (χ0) is 12.4. The minimum atomic E-state index is 0.667. The number of piperazine rings is 1. The molecule has 2 rings (SSSR count). The van der Waals surface area contributed by atoms with Gasteiger partial charge in [0.2, 0.25) is 0 Å². The number of nitrogens with zero attached hydrogens (tertiary/aromatic N) is 2. The topological polar surface area (TPSA) is 6.48 Å². The Hall–Kier alpha value is -0.540. The Balaban J connectivity index is 2.08. The normalized spacial score (nSPS) is 17.8. The molecule has 0 amide bonds. The van der Waals surface area contributed by atoms with Crippen LogP contribution in [-0.4, -0.2) is 37.1 Å². The highest BCUT2D eigenvalue weighted by Gasteiger charge is 2.20. The average Bonchev–Trinajstić information content (AvgIpc) is 2.33. The van der Waals surface area contributed by atoms with Gasteiger partial charge in [-0.15, -0.1) is 0 Å². The summed E-state index contributed by atoms with van der Waals surface area (Å²) in [4.78, 5) is 5.04. The number of hydrogen-bond acceptors (Lipinski definition) is 2. The molecule has 0 bridgehead atoms. The Bertz CT molecular complexity index is 382. The largest absolute Gasteiger partial charge is 0.369 e. The van der Waals surface area contributed by atoms with E-state index in [0.29, 0.717) is 6.04 Å². The molecule has 0 spiro atoms. The van der Waals surface area contributed by atoms with Crippen LogP contribution in [0.25, 0.3) is 0 Å². The van der Waals surface area contributed by atoms with Crippen LogP contribution in [0, 0.1) is 6.92 Å². The highest BCUT2D eigenvalue weighted by molar-refractivity contribution is 9.10. The molecule has 0 atom stereocenters. The lowest BCUT2D eigenvalue weighted by Gasteiger charge is -2.38. The number of halogens is 1. The molecule has 0 unspecified atom stereocenters. The minimum Gasteiger partial charge on any atom is -0.369 e. The van der Waals surface area contributed by atoms with Crippen LogP contribution in [0.2, 0.25) is 0 Å². The van der Waals surface area contributed by atoms with Gasteiger partial charge in [0.25, 0.3) is 0 Å². The average molecular weight is 297 g/mol. The van der Waals surface area contributed by atoms with Crippen molar-refractivity contribution in [3.8, 4) is 0 Å². The SMILES string of the molecule is Cc1c(Br)cccc1N1CCN(C(C)C)CC1.